The quantitative estimate of drug-likeness (QED) is 0.809. The molecule has 2 heteroatoms. The summed E-state index contributed by atoms with van der Waals surface area (Å²) in [6.07, 6.45) is 5.68. The molecule has 1 aliphatic heterocycles. The molecule has 0 aromatic rings. The predicted molar refractivity (Wildman–Crippen MR) is 78.8 cm³/mol. The minimum atomic E-state index is 0.505. The minimum absolute atomic E-state index is 0.505. The van der Waals surface area contributed by atoms with Gasteiger partial charge in [-0.2, -0.15) is 0 Å². The molecule has 1 saturated heterocycles. The van der Waals surface area contributed by atoms with Crippen LogP contribution in [0.25, 0.3) is 0 Å². The van der Waals surface area contributed by atoms with Crippen LogP contribution in [0.2, 0.25) is 0 Å². The number of nitrogens with zero attached hydrogens (tertiary/aromatic N) is 1. The molecular formula is C16H32N2. The monoisotopic (exact) mass is 252 g/mol. The lowest BCUT2D eigenvalue weighted by atomic mass is 9.75. The number of hydrogen-bond acceptors (Lipinski definition) is 2. The molecule has 1 saturated carbocycles. The molecule has 0 aromatic heterocycles. The lowest BCUT2D eigenvalue weighted by Gasteiger charge is -2.38. The second kappa shape index (κ2) is 5.92. The van der Waals surface area contributed by atoms with Gasteiger partial charge in [-0.3, -0.25) is 0 Å². The van der Waals surface area contributed by atoms with Crippen LogP contribution in [0.5, 0.6) is 0 Å². The van der Waals surface area contributed by atoms with E-state index in [0.717, 1.165) is 17.9 Å². The first-order valence-electron chi connectivity index (χ1n) is 7.92. The Labute approximate surface area is 114 Å². The zero-order valence-electron chi connectivity index (χ0n) is 12.8. The average molecular weight is 252 g/mol. The van der Waals surface area contributed by atoms with E-state index in [4.69, 9.17) is 0 Å². The summed E-state index contributed by atoms with van der Waals surface area (Å²) < 4.78 is 0. The summed E-state index contributed by atoms with van der Waals surface area (Å²) in [5.74, 6) is 1.91. The van der Waals surface area contributed by atoms with Crippen molar-refractivity contribution >= 4 is 0 Å². The first-order chi connectivity index (χ1) is 8.47. The van der Waals surface area contributed by atoms with Gasteiger partial charge in [0.15, 0.2) is 0 Å². The molecular weight excluding hydrogens is 220 g/mol. The third-order valence-corrected chi connectivity index (χ3v) is 5.04. The van der Waals surface area contributed by atoms with Gasteiger partial charge in [0, 0.05) is 19.1 Å². The van der Waals surface area contributed by atoms with Crippen molar-refractivity contribution in [3.8, 4) is 0 Å². The lowest BCUT2D eigenvalue weighted by molar-refractivity contribution is 0.112. The zero-order chi connectivity index (χ0) is 13.2. The van der Waals surface area contributed by atoms with E-state index in [2.05, 4.69) is 37.9 Å². The van der Waals surface area contributed by atoms with Crippen molar-refractivity contribution in [3.05, 3.63) is 0 Å². The van der Waals surface area contributed by atoms with E-state index in [-0.39, 0.29) is 0 Å². The third-order valence-electron chi connectivity index (χ3n) is 5.04. The van der Waals surface area contributed by atoms with Crippen molar-refractivity contribution in [3.63, 3.8) is 0 Å². The largest absolute Gasteiger partial charge is 0.313 e. The van der Waals surface area contributed by atoms with E-state index in [1.807, 2.05) is 0 Å². The molecule has 1 aliphatic carbocycles. The Hall–Kier alpha value is -0.0800. The Morgan fingerprint density at radius 1 is 1.11 bits per heavy atom. The molecule has 2 rings (SSSR count). The van der Waals surface area contributed by atoms with Gasteiger partial charge in [0.05, 0.1) is 0 Å². The van der Waals surface area contributed by atoms with E-state index in [0.29, 0.717) is 5.41 Å². The standard InChI is InChI=1S/C16H32N2/c1-13(14-5-6-14)17-9-12-18-10-7-15(8-11-18)16(2,3)4/h13-15,17H,5-12H2,1-4H3. The van der Waals surface area contributed by atoms with Crippen molar-refractivity contribution in [2.75, 3.05) is 26.2 Å². The maximum Gasteiger partial charge on any atom is 0.0107 e. The van der Waals surface area contributed by atoms with E-state index >= 15 is 0 Å². The van der Waals surface area contributed by atoms with Crippen molar-refractivity contribution in [1.82, 2.24) is 10.2 Å². The van der Waals surface area contributed by atoms with Gasteiger partial charge >= 0.3 is 0 Å². The van der Waals surface area contributed by atoms with E-state index in [1.165, 1.54) is 51.9 Å². The van der Waals surface area contributed by atoms with Gasteiger partial charge in [0.1, 0.15) is 0 Å². The number of hydrogen-bond donors (Lipinski definition) is 1. The van der Waals surface area contributed by atoms with E-state index in [9.17, 15) is 0 Å². The van der Waals surface area contributed by atoms with E-state index in [1.54, 1.807) is 0 Å². The third kappa shape index (κ3) is 4.24. The molecule has 2 aliphatic rings. The first kappa shape index (κ1) is 14.3. The summed E-state index contributed by atoms with van der Waals surface area (Å²) in [7, 11) is 0. The van der Waals surface area contributed by atoms with Gasteiger partial charge in [0.25, 0.3) is 0 Å². The second-order valence-electron chi connectivity index (χ2n) is 7.56. The average Bonchev–Trinajstić information content (AvgIpc) is 3.12. The molecule has 1 N–H and O–H groups in total. The van der Waals surface area contributed by atoms with Crippen molar-refractivity contribution in [2.45, 2.75) is 59.4 Å². The van der Waals surface area contributed by atoms with Crippen molar-refractivity contribution < 1.29 is 0 Å². The molecule has 0 aromatic carbocycles. The van der Waals surface area contributed by atoms with Crippen molar-refractivity contribution in [1.29, 1.82) is 0 Å². The highest BCUT2D eigenvalue weighted by Gasteiger charge is 2.29. The fourth-order valence-corrected chi connectivity index (χ4v) is 3.24. The zero-order valence-corrected chi connectivity index (χ0v) is 12.8. The maximum absolute atomic E-state index is 3.69. The number of piperidine rings is 1. The topological polar surface area (TPSA) is 15.3 Å². The Kier molecular flexibility index (Phi) is 4.71. The minimum Gasteiger partial charge on any atom is -0.313 e. The molecule has 0 bridgehead atoms. The molecule has 1 unspecified atom stereocenters. The van der Waals surface area contributed by atoms with Gasteiger partial charge in [-0.1, -0.05) is 20.8 Å². The number of nitrogens with one attached hydrogen (secondary N) is 1. The van der Waals surface area contributed by atoms with Gasteiger partial charge in [-0.05, 0) is 62.9 Å². The summed E-state index contributed by atoms with van der Waals surface area (Å²) >= 11 is 0. The Bertz CT molecular complexity index is 244. The van der Waals surface area contributed by atoms with Gasteiger partial charge in [-0.25, -0.2) is 0 Å². The lowest BCUT2D eigenvalue weighted by Crippen LogP contribution is -2.42. The number of likely N-dealkylation sites (tertiary alicyclic amines) is 1. The number of rotatable bonds is 5. The SMILES string of the molecule is CC(NCCN1CCC(C(C)(C)C)CC1)C1CC1. The highest BCUT2D eigenvalue weighted by molar-refractivity contribution is 4.84. The van der Waals surface area contributed by atoms with Crippen LogP contribution >= 0.6 is 0 Å². The molecule has 2 nitrogen and oxygen atoms in total. The molecule has 1 heterocycles. The van der Waals surface area contributed by atoms with Crippen LogP contribution in [0.4, 0.5) is 0 Å². The molecule has 0 amide bonds. The molecule has 1 atom stereocenters. The van der Waals surface area contributed by atoms with Crippen LogP contribution in [-0.4, -0.2) is 37.1 Å². The summed E-state index contributed by atoms with van der Waals surface area (Å²) in [6.45, 7) is 14.6. The first-order valence-corrected chi connectivity index (χ1v) is 7.92. The second-order valence-corrected chi connectivity index (χ2v) is 7.56. The van der Waals surface area contributed by atoms with Crippen molar-refractivity contribution in [2.24, 2.45) is 17.3 Å². The van der Waals surface area contributed by atoms with Crippen LogP contribution in [0.15, 0.2) is 0 Å². The molecule has 0 radical (unpaired) electrons. The summed E-state index contributed by atoms with van der Waals surface area (Å²) in [5, 5.41) is 3.69. The van der Waals surface area contributed by atoms with Gasteiger partial charge < -0.3 is 10.2 Å². The Morgan fingerprint density at radius 2 is 1.72 bits per heavy atom. The molecule has 0 spiro atoms. The van der Waals surface area contributed by atoms with Crippen LogP contribution < -0.4 is 5.32 Å². The smallest absolute Gasteiger partial charge is 0.0107 e. The van der Waals surface area contributed by atoms with Crippen LogP contribution in [0.3, 0.4) is 0 Å². The van der Waals surface area contributed by atoms with Gasteiger partial charge in [0.2, 0.25) is 0 Å². The Balaban J connectivity index is 1.58. The summed E-state index contributed by atoms with van der Waals surface area (Å²) in [6, 6.07) is 0.747. The van der Waals surface area contributed by atoms with Crippen LogP contribution in [-0.2, 0) is 0 Å². The fourth-order valence-electron chi connectivity index (χ4n) is 3.24. The highest BCUT2D eigenvalue weighted by Crippen LogP contribution is 2.34. The molecule has 18 heavy (non-hydrogen) atoms. The predicted octanol–water partition coefficient (Wildman–Crippen LogP) is 3.13. The van der Waals surface area contributed by atoms with E-state index < -0.39 is 0 Å². The normalized spacial score (nSPS) is 25.3. The molecule has 106 valence electrons. The van der Waals surface area contributed by atoms with Crippen LogP contribution in [0.1, 0.15) is 53.4 Å². The van der Waals surface area contributed by atoms with Crippen LogP contribution in [0, 0.1) is 17.3 Å². The summed E-state index contributed by atoms with van der Waals surface area (Å²) in [5.41, 5.74) is 0.505. The van der Waals surface area contributed by atoms with Gasteiger partial charge in [-0.15, -0.1) is 0 Å². The summed E-state index contributed by atoms with van der Waals surface area (Å²) in [4.78, 5) is 2.65. The Morgan fingerprint density at radius 3 is 2.22 bits per heavy atom. The fraction of sp³-hybridized carbons (Fsp3) is 1.00. The molecule has 2 fully saturated rings. The highest BCUT2D eigenvalue weighted by atomic mass is 15.1. The maximum atomic E-state index is 3.69.